The third-order valence-corrected chi connectivity index (χ3v) is 2.78. The molecule has 4 nitrogen and oxygen atoms in total. The van der Waals surface area contributed by atoms with E-state index in [1.165, 1.54) is 0 Å². The molecule has 0 unspecified atom stereocenters. The standard InChI is InChI=1S/C11H13ClN4/c1-13-6-9-4-3-8(5-10(9)12)11-7-14-15-16(11)2/h3-5,7,13H,6H2,1-2H3. The summed E-state index contributed by atoms with van der Waals surface area (Å²) in [6, 6.07) is 5.98. The van der Waals surface area contributed by atoms with E-state index in [4.69, 9.17) is 11.6 Å². The maximum absolute atomic E-state index is 6.19. The number of benzene rings is 1. The van der Waals surface area contributed by atoms with Gasteiger partial charge in [-0.25, -0.2) is 4.68 Å². The first-order chi connectivity index (χ1) is 7.72. The molecule has 0 saturated heterocycles. The van der Waals surface area contributed by atoms with Crippen LogP contribution in [-0.4, -0.2) is 22.0 Å². The van der Waals surface area contributed by atoms with E-state index in [1.54, 1.807) is 10.9 Å². The Balaban J connectivity index is 2.38. The third kappa shape index (κ3) is 2.08. The second-order valence-corrected chi connectivity index (χ2v) is 3.99. The largest absolute Gasteiger partial charge is 0.316 e. The van der Waals surface area contributed by atoms with Gasteiger partial charge in [0.25, 0.3) is 0 Å². The molecule has 5 heteroatoms. The smallest absolute Gasteiger partial charge is 0.0882 e. The summed E-state index contributed by atoms with van der Waals surface area (Å²) in [7, 11) is 3.76. The molecule has 84 valence electrons. The van der Waals surface area contributed by atoms with E-state index in [9.17, 15) is 0 Å². The van der Waals surface area contributed by atoms with Crippen molar-refractivity contribution in [3.05, 3.63) is 35.0 Å². The zero-order chi connectivity index (χ0) is 11.5. The summed E-state index contributed by atoms with van der Waals surface area (Å²) < 4.78 is 1.73. The Morgan fingerprint density at radius 3 is 2.81 bits per heavy atom. The van der Waals surface area contributed by atoms with Crippen molar-refractivity contribution in [2.24, 2.45) is 7.05 Å². The number of halogens is 1. The van der Waals surface area contributed by atoms with Gasteiger partial charge in [-0.1, -0.05) is 28.9 Å². The Morgan fingerprint density at radius 1 is 1.44 bits per heavy atom. The van der Waals surface area contributed by atoms with Crippen molar-refractivity contribution in [1.29, 1.82) is 0 Å². The molecule has 1 heterocycles. The SMILES string of the molecule is CNCc1ccc(-c2cnnn2C)cc1Cl. The number of nitrogens with zero attached hydrogens (tertiary/aromatic N) is 3. The van der Waals surface area contributed by atoms with E-state index in [-0.39, 0.29) is 0 Å². The lowest BCUT2D eigenvalue weighted by molar-refractivity contribution is 0.720. The Labute approximate surface area is 99.2 Å². The van der Waals surface area contributed by atoms with Crippen LogP contribution >= 0.6 is 11.6 Å². The second kappa shape index (κ2) is 4.63. The molecule has 0 atom stereocenters. The van der Waals surface area contributed by atoms with Crippen molar-refractivity contribution < 1.29 is 0 Å². The molecule has 1 aromatic heterocycles. The highest BCUT2D eigenvalue weighted by Crippen LogP contribution is 2.24. The molecular formula is C11H13ClN4. The van der Waals surface area contributed by atoms with Crippen molar-refractivity contribution in [3.63, 3.8) is 0 Å². The molecule has 0 fully saturated rings. The van der Waals surface area contributed by atoms with E-state index in [1.807, 2.05) is 32.3 Å². The minimum atomic E-state index is 0.757. The molecule has 0 spiro atoms. The van der Waals surface area contributed by atoms with E-state index < -0.39 is 0 Å². The molecule has 0 aliphatic rings. The van der Waals surface area contributed by atoms with Gasteiger partial charge >= 0.3 is 0 Å². The number of rotatable bonds is 3. The van der Waals surface area contributed by atoms with Gasteiger partial charge < -0.3 is 5.32 Å². The van der Waals surface area contributed by atoms with Crippen LogP contribution < -0.4 is 5.32 Å². The Kier molecular flexibility index (Phi) is 3.22. The molecule has 0 bridgehead atoms. The van der Waals surface area contributed by atoms with Gasteiger partial charge in [-0.2, -0.15) is 0 Å². The number of aryl methyl sites for hydroxylation is 1. The van der Waals surface area contributed by atoms with Crippen molar-refractivity contribution in [2.75, 3.05) is 7.05 Å². The zero-order valence-electron chi connectivity index (χ0n) is 9.24. The van der Waals surface area contributed by atoms with E-state index >= 15 is 0 Å². The number of hydrogen-bond donors (Lipinski definition) is 1. The van der Waals surface area contributed by atoms with Crippen LogP contribution in [0.1, 0.15) is 5.56 Å². The first-order valence-corrected chi connectivity index (χ1v) is 5.38. The first-order valence-electron chi connectivity index (χ1n) is 5.00. The van der Waals surface area contributed by atoms with Crippen molar-refractivity contribution in [2.45, 2.75) is 6.54 Å². The fourth-order valence-corrected chi connectivity index (χ4v) is 1.84. The molecule has 1 aromatic carbocycles. The molecular weight excluding hydrogens is 224 g/mol. The van der Waals surface area contributed by atoms with Gasteiger partial charge in [0.15, 0.2) is 0 Å². The van der Waals surface area contributed by atoms with Gasteiger partial charge in [0.05, 0.1) is 11.9 Å². The molecule has 16 heavy (non-hydrogen) atoms. The third-order valence-electron chi connectivity index (χ3n) is 2.43. The summed E-state index contributed by atoms with van der Waals surface area (Å²) >= 11 is 6.19. The fraction of sp³-hybridized carbons (Fsp3) is 0.273. The molecule has 2 rings (SSSR count). The van der Waals surface area contributed by atoms with Gasteiger partial charge in [-0.3, -0.25) is 0 Å². The van der Waals surface area contributed by atoms with Gasteiger partial charge in [0.2, 0.25) is 0 Å². The number of aromatic nitrogens is 3. The van der Waals surface area contributed by atoms with Crippen LogP contribution in [0.4, 0.5) is 0 Å². The second-order valence-electron chi connectivity index (χ2n) is 3.58. The maximum atomic E-state index is 6.19. The molecule has 0 aliphatic carbocycles. The van der Waals surface area contributed by atoms with Gasteiger partial charge in [-0.05, 0) is 18.7 Å². The van der Waals surface area contributed by atoms with Gasteiger partial charge in [0.1, 0.15) is 0 Å². The predicted molar refractivity (Wildman–Crippen MR) is 64.2 cm³/mol. The highest BCUT2D eigenvalue weighted by molar-refractivity contribution is 6.31. The molecule has 0 amide bonds. The van der Waals surface area contributed by atoms with Crippen molar-refractivity contribution >= 4 is 11.6 Å². The topological polar surface area (TPSA) is 42.7 Å². The lowest BCUT2D eigenvalue weighted by Crippen LogP contribution is -2.05. The first kappa shape index (κ1) is 11.1. The van der Waals surface area contributed by atoms with Crippen molar-refractivity contribution in [3.8, 4) is 11.3 Å². The number of nitrogens with one attached hydrogen (secondary N) is 1. The Hall–Kier alpha value is -1.39. The van der Waals surface area contributed by atoms with Crippen LogP contribution in [-0.2, 0) is 13.6 Å². The van der Waals surface area contributed by atoms with E-state index in [0.29, 0.717) is 0 Å². The van der Waals surface area contributed by atoms with Crippen LogP contribution in [0.5, 0.6) is 0 Å². The Morgan fingerprint density at radius 2 is 2.25 bits per heavy atom. The minimum absolute atomic E-state index is 0.757. The summed E-state index contributed by atoms with van der Waals surface area (Å²) in [5.74, 6) is 0. The summed E-state index contributed by atoms with van der Waals surface area (Å²) in [6.07, 6.45) is 1.73. The van der Waals surface area contributed by atoms with Crippen molar-refractivity contribution in [1.82, 2.24) is 20.3 Å². The summed E-state index contributed by atoms with van der Waals surface area (Å²) in [4.78, 5) is 0. The van der Waals surface area contributed by atoms with Crippen LogP contribution in [0.15, 0.2) is 24.4 Å². The van der Waals surface area contributed by atoms with E-state index in [2.05, 4.69) is 15.6 Å². The highest BCUT2D eigenvalue weighted by Gasteiger charge is 2.06. The molecule has 1 N–H and O–H groups in total. The fourth-order valence-electron chi connectivity index (χ4n) is 1.59. The molecule has 0 saturated carbocycles. The van der Waals surface area contributed by atoms with Crippen LogP contribution in [0, 0.1) is 0 Å². The minimum Gasteiger partial charge on any atom is -0.316 e. The van der Waals surface area contributed by atoms with Crippen LogP contribution in [0.25, 0.3) is 11.3 Å². The monoisotopic (exact) mass is 236 g/mol. The average Bonchev–Trinajstić information content (AvgIpc) is 2.68. The summed E-state index contributed by atoms with van der Waals surface area (Å²) in [6.45, 7) is 0.767. The Bertz CT molecular complexity index is 492. The van der Waals surface area contributed by atoms with E-state index in [0.717, 1.165) is 28.4 Å². The molecule has 0 radical (unpaired) electrons. The molecule has 2 aromatic rings. The lowest BCUT2D eigenvalue weighted by atomic mass is 10.1. The van der Waals surface area contributed by atoms with Crippen LogP contribution in [0.3, 0.4) is 0 Å². The summed E-state index contributed by atoms with van der Waals surface area (Å²) in [5.41, 5.74) is 3.07. The van der Waals surface area contributed by atoms with Gasteiger partial charge in [0, 0.05) is 24.2 Å². The number of hydrogen-bond acceptors (Lipinski definition) is 3. The van der Waals surface area contributed by atoms with Crippen LogP contribution in [0.2, 0.25) is 5.02 Å². The summed E-state index contributed by atoms with van der Waals surface area (Å²) in [5, 5.41) is 11.6. The highest BCUT2D eigenvalue weighted by atomic mass is 35.5. The predicted octanol–water partition coefficient (Wildman–Crippen LogP) is 1.85. The quantitative estimate of drug-likeness (QED) is 0.885. The normalized spacial score (nSPS) is 10.7. The van der Waals surface area contributed by atoms with Gasteiger partial charge in [-0.15, -0.1) is 5.10 Å². The average molecular weight is 237 g/mol. The zero-order valence-corrected chi connectivity index (χ0v) is 9.99. The molecule has 0 aliphatic heterocycles. The maximum Gasteiger partial charge on any atom is 0.0882 e. The lowest BCUT2D eigenvalue weighted by Gasteiger charge is -2.06.